The number of nitrogens with zero attached hydrogens (tertiary/aromatic N) is 1. The highest BCUT2D eigenvalue weighted by Crippen LogP contribution is 2.34. The fourth-order valence-corrected chi connectivity index (χ4v) is 4.80. The number of imidazole rings is 1. The van der Waals surface area contributed by atoms with Gasteiger partial charge < -0.3 is 19.8 Å². The molecule has 164 valence electrons. The van der Waals surface area contributed by atoms with Crippen molar-refractivity contribution in [1.82, 2.24) is 9.97 Å². The van der Waals surface area contributed by atoms with E-state index in [-0.39, 0.29) is 41.0 Å². The Balaban J connectivity index is 1.67. The standard InChI is InChI=1S/C21H23N3O5S2/c1-4-28-19(26)16-12(3)17(20(27)29-5-2)31-18(16)24-15(25)10-11-30-21-22-13-8-6-7-9-14(13)23-21/h6-9H,4-5,10-11H2,1-3H3,(H,22,23)(H,24,25). The highest BCUT2D eigenvalue weighted by molar-refractivity contribution is 7.99. The Morgan fingerprint density at radius 3 is 2.55 bits per heavy atom. The molecule has 1 aromatic carbocycles. The number of anilines is 1. The van der Waals surface area contributed by atoms with Gasteiger partial charge in [0, 0.05) is 12.2 Å². The maximum Gasteiger partial charge on any atom is 0.348 e. The van der Waals surface area contributed by atoms with Crippen molar-refractivity contribution in [2.45, 2.75) is 32.3 Å². The summed E-state index contributed by atoms with van der Waals surface area (Å²) in [5, 5.41) is 3.77. The lowest BCUT2D eigenvalue weighted by Crippen LogP contribution is -2.15. The van der Waals surface area contributed by atoms with Gasteiger partial charge in [-0.2, -0.15) is 0 Å². The lowest BCUT2D eigenvalue weighted by Gasteiger charge is -2.07. The van der Waals surface area contributed by atoms with E-state index in [4.69, 9.17) is 9.47 Å². The fourth-order valence-electron chi connectivity index (χ4n) is 2.87. The summed E-state index contributed by atoms with van der Waals surface area (Å²) < 4.78 is 10.2. The van der Waals surface area contributed by atoms with Crippen molar-refractivity contribution in [2.75, 3.05) is 24.3 Å². The Bertz CT molecular complexity index is 1070. The summed E-state index contributed by atoms with van der Waals surface area (Å²) in [7, 11) is 0. The number of para-hydroxylation sites is 2. The van der Waals surface area contributed by atoms with Crippen molar-refractivity contribution in [2.24, 2.45) is 0 Å². The van der Waals surface area contributed by atoms with Gasteiger partial charge in [-0.05, 0) is 38.5 Å². The average molecular weight is 462 g/mol. The van der Waals surface area contributed by atoms with Crippen molar-refractivity contribution in [3.05, 3.63) is 40.3 Å². The predicted molar refractivity (Wildman–Crippen MR) is 121 cm³/mol. The molecule has 0 aliphatic heterocycles. The number of ether oxygens (including phenoxy) is 2. The summed E-state index contributed by atoms with van der Waals surface area (Å²) >= 11 is 2.45. The molecule has 2 heterocycles. The lowest BCUT2D eigenvalue weighted by molar-refractivity contribution is -0.115. The molecule has 2 N–H and O–H groups in total. The van der Waals surface area contributed by atoms with Gasteiger partial charge in [-0.1, -0.05) is 23.9 Å². The summed E-state index contributed by atoms with van der Waals surface area (Å²) in [4.78, 5) is 45.1. The van der Waals surface area contributed by atoms with Crippen molar-refractivity contribution < 1.29 is 23.9 Å². The average Bonchev–Trinajstić information content (AvgIpc) is 3.28. The fraction of sp³-hybridized carbons (Fsp3) is 0.333. The zero-order valence-corrected chi connectivity index (χ0v) is 19.1. The molecule has 3 aromatic rings. The van der Waals surface area contributed by atoms with E-state index in [0.717, 1.165) is 27.5 Å². The smallest absolute Gasteiger partial charge is 0.348 e. The lowest BCUT2D eigenvalue weighted by atomic mass is 10.1. The largest absolute Gasteiger partial charge is 0.462 e. The molecule has 0 atom stereocenters. The molecule has 0 saturated carbocycles. The Morgan fingerprint density at radius 1 is 1.13 bits per heavy atom. The monoisotopic (exact) mass is 461 g/mol. The van der Waals surface area contributed by atoms with Crippen LogP contribution in [0.25, 0.3) is 11.0 Å². The van der Waals surface area contributed by atoms with Gasteiger partial charge in [-0.25, -0.2) is 14.6 Å². The molecule has 1 amide bonds. The maximum atomic E-state index is 12.5. The normalized spacial score (nSPS) is 10.8. The molecule has 3 rings (SSSR count). The number of rotatable bonds is 9. The Labute approximate surface area is 187 Å². The highest BCUT2D eigenvalue weighted by Gasteiger charge is 2.27. The number of H-pyrrole nitrogens is 1. The summed E-state index contributed by atoms with van der Waals surface area (Å²) in [6.07, 6.45) is 0.204. The van der Waals surface area contributed by atoms with Gasteiger partial charge in [0.25, 0.3) is 0 Å². The van der Waals surface area contributed by atoms with Crippen molar-refractivity contribution >= 4 is 57.0 Å². The number of amides is 1. The van der Waals surface area contributed by atoms with Crippen LogP contribution in [0, 0.1) is 6.92 Å². The van der Waals surface area contributed by atoms with E-state index in [1.54, 1.807) is 20.8 Å². The van der Waals surface area contributed by atoms with E-state index in [1.165, 1.54) is 11.8 Å². The predicted octanol–water partition coefficient (Wildman–Crippen LogP) is 4.41. The van der Waals surface area contributed by atoms with Crippen molar-refractivity contribution in [3.8, 4) is 0 Å². The number of carbonyl (C=O) groups is 3. The van der Waals surface area contributed by atoms with Crippen LogP contribution in [0.5, 0.6) is 0 Å². The second-order valence-corrected chi connectivity index (χ2v) is 8.51. The number of benzene rings is 1. The minimum absolute atomic E-state index is 0.185. The molecule has 10 heteroatoms. The number of hydrogen-bond donors (Lipinski definition) is 2. The molecule has 0 radical (unpaired) electrons. The third kappa shape index (κ3) is 5.45. The maximum absolute atomic E-state index is 12.5. The third-order valence-corrected chi connectivity index (χ3v) is 6.34. The summed E-state index contributed by atoms with van der Waals surface area (Å²) in [6.45, 7) is 5.44. The van der Waals surface area contributed by atoms with Gasteiger partial charge in [0.05, 0.1) is 29.8 Å². The number of esters is 2. The van der Waals surface area contributed by atoms with E-state index in [9.17, 15) is 14.4 Å². The molecule has 0 unspecified atom stereocenters. The molecular formula is C21H23N3O5S2. The molecule has 0 aliphatic carbocycles. The van der Waals surface area contributed by atoms with Crippen LogP contribution >= 0.6 is 23.1 Å². The number of aromatic amines is 1. The van der Waals surface area contributed by atoms with E-state index >= 15 is 0 Å². The molecule has 2 aromatic heterocycles. The highest BCUT2D eigenvalue weighted by atomic mass is 32.2. The number of carbonyl (C=O) groups excluding carboxylic acids is 3. The molecule has 0 bridgehead atoms. The summed E-state index contributed by atoms with van der Waals surface area (Å²) in [5.41, 5.74) is 2.44. The molecule has 0 saturated heterocycles. The zero-order valence-electron chi connectivity index (χ0n) is 17.4. The van der Waals surface area contributed by atoms with Crippen LogP contribution in [0.1, 0.15) is 45.9 Å². The first-order valence-corrected chi connectivity index (χ1v) is 11.6. The Kier molecular flexibility index (Phi) is 7.69. The van der Waals surface area contributed by atoms with Crippen LogP contribution in [0.4, 0.5) is 5.00 Å². The van der Waals surface area contributed by atoms with E-state index in [0.29, 0.717) is 11.3 Å². The first-order valence-electron chi connectivity index (χ1n) is 9.79. The van der Waals surface area contributed by atoms with Gasteiger partial charge in [-0.15, -0.1) is 11.3 Å². The molecule has 0 aliphatic rings. The quantitative estimate of drug-likeness (QED) is 0.359. The minimum atomic E-state index is -0.584. The topological polar surface area (TPSA) is 110 Å². The number of hydrogen-bond acceptors (Lipinski definition) is 8. The number of fused-ring (bicyclic) bond motifs is 1. The van der Waals surface area contributed by atoms with Crippen LogP contribution in [0.3, 0.4) is 0 Å². The van der Waals surface area contributed by atoms with Crippen molar-refractivity contribution in [3.63, 3.8) is 0 Å². The molecule has 0 spiro atoms. The first kappa shape index (κ1) is 22.8. The molecule has 0 fully saturated rings. The van der Waals surface area contributed by atoms with Gasteiger partial charge in [0.15, 0.2) is 5.16 Å². The minimum Gasteiger partial charge on any atom is -0.462 e. The summed E-state index contributed by atoms with van der Waals surface area (Å²) in [6, 6.07) is 7.70. The van der Waals surface area contributed by atoms with Crippen LogP contribution in [-0.4, -0.2) is 46.8 Å². The van der Waals surface area contributed by atoms with Crippen LogP contribution < -0.4 is 5.32 Å². The van der Waals surface area contributed by atoms with Gasteiger partial charge in [-0.3, -0.25) is 4.79 Å². The number of thiophene rings is 1. The van der Waals surface area contributed by atoms with Gasteiger partial charge in [0.2, 0.25) is 5.91 Å². The second-order valence-electron chi connectivity index (χ2n) is 6.41. The van der Waals surface area contributed by atoms with Crippen LogP contribution in [0.15, 0.2) is 29.4 Å². The summed E-state index contributed by atoms with van der Waals surface area (Å²) in [5.74, 6) is -0.892. The first-order chi connectivity index (χ1) is 14.9. The van der Waals surface area contributed by atoms with Crippen LogP contribution in [0.2, 0.25) is 0 Å². The molecule has 8 nitrogen and oxygen atoms in total. The van der Waals surface area contributed by atoms with Gasteiger partial charge >= 0.3 is 11.9 Å². The second kappa shape index (κ2) is 10.5. The number of thioether (sulfide) groups is 1. The zero-order chi connectivity index (χ0) is 22.4. The van der Waals surface area contributed by atoms with E-state index < -0.39 is 11.9 Å². The molecule has 31 heavy (non-hydrogen) atoms. The number of nitrogens with one attached hydrogen (secondary N) is 2. The Morgan fingerprint density at radius 2 is 1.84 bits per heavy atom. The van der Waals surface area contributed by atoms with E-state index in [2.05, 4.69) is 15.3 Å². The SMILES string of the molecule is CCOC(=O)c1sc(NC(=O)CCSc2nc3ccccc3[nH]2)c(C(=O)OCC)c1C. The van der Waals surface area contributed by atoms with Gasteiger partial charge in [0.1, 0.15) is 9.88 Å². The molecular weight excluding hydrogens is 438 g/mol. The van der Waals surface area contributed by atoms with Crippen molar-refractivity contribution in [1.29, 1.82) is 0 Å². The Hall–Kier alpha value is -2.85. The number of aromatic nitrogens is 2. The van der Waals surface area contributed by atoms with E-state index in [1.807, 2.05) is 24.3 Å². The third-order valence-electron chi connectivity index (χ3n) is 4.28. The van der Waals surface area contributed by atoms with Crippen LogP contribution in [-0.2, 0) is 14.3 Å².